The zero-order chi connectivity index (χ0) is 20.1. The first-order chi connectivity index (χ1) is 14.2. The number of phenols is 1. The number of hydrogen-bond acceptors (Lipinski definition) is 5. The van der Waals surface area contributed by atoms with E-state index in [0.29, 0.717) is 24.0 Å². The van der Waals surface area contributed by atoms with Crippen molar-refractivity contribution in [2.45, 2.75) is 13.1 Å². The van der Waals surface area contributed by atoms with Gasteiger partial charge in [0.1, 0.15) is 11.5 Å². The Morgan fingerprint density at radius 1 is 1.03 bits per heavy atom. The van der Waals surface area contributed by atoms with Crippen LogP contribution in [-0.2, 0) is 13.1 Å². The summed E-state index contributed by atoms with van der Waals surface area (Å²) in [5.74, 6) is 0.870. The molecule has 4 rings (SSSR count). The number of hydrogen-bond donors (Lipinski definition) is 2. The number of amides is 2. The first-order valence-corrected chi connectivity index (χ1v) is 9.86. The Morgan fingerprint density at radius 2 is 1.83 bits per heavy atom. The summed E-state index contributed by atoms with van der Waals surface area (Å²) < 4.78 is 5.41. The van der Waals surface area contributed by atoms with Crippen LogP contribution in [0.4, 0.5) is 9.93 Å². The van der Waals surface area contributed by atoms with Gasteiger partial charge in [0.15, 0.2) is 5.13 Å². The highest BCUT2D eigenvalue weighted by Crippen LogP contribution is 2.29. The minimum Gasteiger partial charge on any atom is -0.508 e. The molecular formula is C22H19N3O3S. The van der Waals surface area contributed by atoms with Gasteiger partial charge < -0.3 is 14.4 Å². The van der Waals surface area contributed by atoms with E-state index in [1.807, 2.05) is 36.4 Å². The maximum Gasteiger partial charge on any atom is 0.324 e. The number of rotatable bonds is 6. The quantitative estimate of drug-likeness (QED) is 0.454. The Bertz CT molecular complexity index is 1060. The smallest absolute Gasteiger partial charge is 0.324 e. The van der Waals surface area contributed by atoms with Crippen LogP contribution in [0.15, 0.2) is 83.6 Å². The van der Waals surface area contributed by atoms with Gasteiger partial charge in [-0.05, 0) is 35.4 Å². The Hall–Kier alpha value is -3.58. The molecular weight excluding hydrogens is 386 g/mol. The van der Waals surface area contributed by atoms with Crippen LogP contribution in [0, 0.1) is 0 Å². The summed E-state index contributed by atoms with van der Waals surface area (Å²) in [6.07, 6.45) is 3.34. The number of carbonyl (C=O) groups excluding carboxylic acids is 1. The van der Waals surface area contributed by atoms with Crippen LogP contribution in [0.5, 0.6) is 5.75 Å². The maximum absolute atomic E-state index is 12.9. The lowest BCUT2D eigenvalue weighted by Crippen LogP contribution is -2.33. The number of aromatic hydroxyl groups is 1. The largest absolute Gasteiger partial charge is 0.508 e. The molecule has 2 N–H and O–H groups in total. The molecule has 0 fully saturated rings. The van der Waals surface area contributed by atoms with Gasteiger partial charge in [0.25, 0.3) is 0 Å². The van der Waals surface area contributed by atoms with Gasteiger partial charge in [-0.15, -0.1) is 0 Å². The van der Waals surface area contributed by atoms with Crippen LogP contribution in [-0.4, -0.2) is 21.0 Å². The van der Waals surface area contributed by atoms with Gasteiger partial charge in [0.2, 0.25) is 0 Å². The summed E-state index contributed by atoms with van der Waals surface area (Å²) >= 11 is 1.42. The van der Waals surface area contributed by atoms with E-state index in [1.54, 1.807) is 47.7 Å². The number of aromatic nitrogens is 1. The first kappa shape index (κ1) is 18.8. The van der Waals surface area contributed by atoms with E-state index < -0.39 is 0 Å². The molecule has 0 radical (unpaired) electrons. The molecule has 0 unspecified atom stereocenters. The predicted molar refractivity (Wildman–Crippen MR) is 113 cm³/mol. The fourth-order valence-corrected chi connectivity index (χ4v) is 3.66. The van der Waals surface area contributed by atoms with Gasteiger partial charge >= 0.3 is 6.03 Å². The average Bonchev–Trinajstić information content (AvgIpc) is 3.42. The van der Waals surface area contributed by atoms with Gasteiger partial charge in [0.05, 0.1) is 17.7 Å². The molecule has 0 aliphatic carbocycles. The lowest BCUT2D eigenvalue weighted by Gasteiger charge is -2.21. The van der Waals surface area contributed by atoms with Crippen molar-refractivity contribution < 1.29 is 14.3 Å². The predicted octanol–water partition coefficient (Wildman–Crippen LogP) is 5.34. The van der Waals surface area contributed by atoms with Gasteiger partial charge in [0, 0.05) is 12.7 Å². The topological polar surface area (TPSA) is 78.6 Å². The molecule has 146 valence electrons. The standard InChI is InChI=1S/C22H19N3O3S/c26-18-10-8-16(9-11-18)14-25(15-19-7-4-12-28-19)22(27)24-21-23-13-20(29-21)17-5-2-1-3-6-17/h1-13,26H,14-15H2,(H,23,24,27). The second-order valence-corrected chi connectivity index (χ2v) is 7.46. The van der Waals surface area contributed by atoms with E-state index in [1.165, 1.54) is 11.3 Å². The lowest BCUT2D eigenvalue weighted by molar-refractivity contribution is 0.201. The van der Waals surface area contributed by atoms with E-state index in [-0.39, 0.29) is 11.8 Å². The molecule has 0 bridgehead atoms. The molecule has 6 nitrogen and oxygen atoms in total. The minimum absolute atomic E-state index is 0.187. The third-order valence-corrected chi connectivity index (χ3v) is 5.26. The maximum atomic E-state index is 12.9. The molecule has 0 atom stereocenters. The molecule has 7 heteroatoms. The van der Waals surface area contributed by atoms with Crippen LogP contribution in [0.1, 0.15) is 11.3 Å². The van der Waals surface area contributed by atoms with Crippen LogP contribution in [0.2, 0.25) is 0 Å². The Balaban J connectivity index is 1.50. The fourth-order valence-electron chi connectivity index (χ4n) is 2.85. The third kappa shape index (κ3) is 4.83. The van der Waals surface area contributed by atoms with Crippen molar-refractivity contribution >= 4 is 22.5 Å². The minimum atomic E-state index is -0.275. The Kier molecular flexibility index (Phi) is 5.58. The number of urea groups is 1. The van der Waals surface area contributed by atoms with Crippen molar-refractivity contribution in [3.8, 4) is 16.2 Å². The van der Waals surface area contributed by atoms with Crippen molar-refractivity contribution in [1.82, 2.24) is 9.88 Å². The Labute approximate surface area is 172 Å². The molecule has 0 saturated heterocycles. The normalized spacial score (nSPS) is 10.6. The number of furan rings is 1. The van der Waals surface area contributed by atoms with Gasteiger partial charge in [-0.2, -0.15) is 0 Å². The molecule has 0 spiro atoms. The van der Waals surface area contributed by atoms with Crippen LogP contribution in [0.25, 0.3) is 10.4 Å². The summed E-state index contributed by atoms with van der Waals surface area (Å²) in [4.78, 5) is 19.9. The number of thiazole rings is 1. The summed E-state index contributed by atoms with van der Waals surface area (Å²) in [6.45, 7) is 0.681. The average molecular weight is 405 g/mol. The van der Waals surface area contributed by atoms with E-state index >= 15 is 0 Å². The molecule has 2 heterocycles. The number of nitrogens with one attached hydrogen (secondary N) is 1. The monoisotopic (exact) mass is 405 g/mol. The van der Waals surface area contributed by atoms with Crippen molar-refractivity contribution in [2.24, 2.45) is 0 Å². The molecule has 2 aromatic heterocycles. The molecule has 0 aliphatic heterocycles. The van der Waals surface area contributed by atoms with Crippen LogP contribution in [0.3, 0.4) is 0 Å². The number of nitrogens with zero attached hydrogens (tertiary/aromatic N) is 2. The molecule has 29 heavy (non-hydrogen) atoms. The number of phenolic OH excluding ortho intramolecular Hbond substituents is 1. The van der Waals surface area contributed by atoms with E-state index in [2.05, 4.69) is 10.3 Å². The molecule has 2 aromatic carbocycles. The number of anilines is 1. The lowest BCUT2D eigenvalue weighted by atomic mass is 10.2. The number of carbonyl (C=O) groups is 1. The second-order valence-electron chi connectivity index (χ2n) is 6.43. The third-order valence-electron chi connectivity index (χ3n) is 4.30. The van der Waals surface area contributed by atoms with Gasteiger partial charge in [-0.1, -0.05) is 53.8 Å². The molecule has 0 saturated carbocycles. The van der Waals surface area contributed by atoms with Gasteiger partial charge in [-0.25, -0.2) is 9.78 Å². The van der Waals surface area contributed by atoms with Crippen molar-refractivity contribution in [1.29, 1.82) is 0 Å². The highest BCUT2D eigenvalue weighted by molar-refractivity contribution is 7.19. The molecule has 2 amide bonds. The van der Waals surface area contributed by atoms with Crippen molar-refractivity contribution in [3.63, 3.8) is 0 Å². The first-order valence-electron chi connectivity index (χ1n) is 9.05. The van der Waals surface area contributed by atoms with Crippen LogP contribution >= 0.6 is 11.3 Å². The summed E-state index contributed by atoms with van der Waals surface area (Å²) in [5, 5.41) is 12.9. The van der Waals surface area contributed by atoms with E-state index in [0.717, 1.165) is 16.0 Å². The highest BCUT2D eigenvalue weighted by Gasteiger charge is 2.18. The second kappa shape index (κ2) is 8.62. The zero-order valence-electron chi connectivity index (χ0n) is 15.5. The van der Waals surface area contributed by atoms with E-state index in [4.69, 9.17) is 4.42 Å². The molecule has 4 aromatic rings. The van der Waals surface area contributed by atoms with Crippen molar-refractivity contribution in [2.75, 3.05) is 5.32 Å². The summed E-state index contributed by atoms with van der Waals surface area (Å²) in [7, 11) is 0. The molecule has 0 aliphatic rings. The Morgan fingerprint density at radius 3 is 2.55 bits per heavy atom. The highest BCUT2D eigenvalue weighted by atomic mass is 32.1. The number of benzene rings is 2. The summed E-state index contributed by atoms with van der Waals surface area (Å²) in [5.41, 5.74) is 1.95. The van der Waals surface area contributed by atoms with Crippen molar-refractivity contribution in [3.05, 3.63) is 90.5 Å². The zero-order valence-corrected chi connectivity index (χ0v) is 16.3. The van der Waals surface area contributed by atoms with Crippen LogP contribution < -0.4 is 5.32 Å². The van der Waals surface area contributed by atoms with Gasteiger partial charge in [-0.3, -0.25) is 5.32 Å². The van der Waals surface area contributed by atoms with E-state index in [9.17, 15) is 9.90 Å². The summed E-state index contributed by atoms with van der Waals surface area (Å²) in [6, 6.07) is 20.0. The fraction of sp³-hybridized carbons (Fsp3) is 0.0909. The SMILES string of the molecule is O=C(Nc1ncc(-c2ccccc2)s1)N(Cc1ccc(O)cc1)Cc1ccco1.